The van der Waals surface area contributed by atoms with Gasteiger partial charge in [-0.15, -0.1) is 47.3 Å². The van der Waals surface area contributed by atoms with Crippen LogP contribution in [0.15, 0.2) is 18.2 Å². The third kappa shape index (κ3) is 7.22. The van der Waals surface area contributed by atoms with E-state index in [0.717, 1.165) is 6.07 Å². The minimum atomic E-state index is -1.09. The lowest BCUT2D eigenvalue weighted by atomic mass is 10.2. The Balaban J connectivity index is 0.000000423. The van der Waals surface area contributed by atoms with E-state index in [4.69, 9.17) is 21.8 Å². The Morgan fingerprint density at radius 3 is 2.13 bits per heavy atom. The fourth-order valence-electron chi connectivity index (χ4n) is 0.646. The molecule has 82 valence electrons. The van der Waals surface area contributed by atoms with Crippen LogP contribution in [0, 0.1) is 0 Å². The maximum atomic E-state index is 10.3. The van der Waals surface area contributed by atoms with Crippen molar-refractivity contribution in [1.29, 1.82) is 0 Å². The summed E-state index contributed by atoms with van der Waals surface area (Å²) in [6.45, 7) is 0. The summed E-state index contributed by atoms with van der Waals surface area (Å²) in [6.07, 6.45) is 0. The molecule has 0 saturated heterocycles. The maximum Gasteiger partial charge on any atom is 0.369 e. The van der Waals surface area contributed by atoms with Crippen LogP contribution < -0.4 is 0 Å². The Morgan fingerprint density at radius 1 is 1.33 bits per heavy atom. The van der Waals surface area contributed by atoms with Crippen molar-refractivity contribution in [2.75, 3.05) is 0 Å². The molecule has 0 aliphatic heterocycles. The number of aromatic carboxylic acids is 1. The molecule has 1 aromatic carbocycles. The molecule has 0 unspecified atom stereocenters. The summed E-state index contributed by atoms with van der Waals surface area (Å²) in [6, 6.07) is 3.76. The number of aromatic hydroxyl groups is 1. The number of carboxylic acid groups (broad SMARTS) is 1. The first kappa shape index (κ1) is 15.3. The normalized spacial score (nSPS) is 8.80. The van der Waals surface area contributed by atoms with Gasteiger partial charge in [-0.25, -0.2) is 4.79 Å². The molecule has 2 N–H and O–H groups in total. The molecule has 3 nitrogen and oxygen atoms in total. The highest BCUT2D eigenvalue weighted by molar-refractivity contribution is 9.69. The molecule has 15 heavy (non-hydrogen) atoms. The second-order valence-electron chi connectivity index (χ2n) is 2.22. The van der Waals surface area contributed by atoms with Gasteiger partial charge in [-0.3, -0.25) is 0 Å². The van der Waals surface area contributed by atoms with Crippen molar-refractivity contribution < 1.29 is 15.0 Å². The summed E-state index contributed by atoms with van der Waals surface area (Å²) in [5.74, 6) is -1.30. The monoisotopic (exact) mass is 420 g/mol. The van der Waals surface area contributed by atoms with E-state index in [2.05, 4.69) is 47.3 Å². The zero-order valence-corrected chi connectivity index (χ0v) is 12.6. The lowest BCUT2D eigenvalue weighted by molar-refractivity contribution is 0.0696. The molecule has 8 heteroatoms. The van der Waals surface area contributed by atoms with Crippen LogP contribution in [-0.2, 0) is 0 Å². The average Bonchev–Trinajstić information content (AvgIpc) is 2.08. The van der Waals surface area contributed by atoms with Crippen LogP contribution >= 0.6 is 58.9 Å². The van der Waals surface area contributed by atoms with Crippen molar-refractivity contribution in [1.82, 2.24) is 0 Å². The predicted molar refractivity (Wildman–Crippen MR) is 72.6 cm³/mol. The van der Waals surface area contributed by atoms with Crippen LogP contribution in [0.4, 0.5) is 0 Å². The van der Waals surface area contributed by atoms with Crippen molar-refractivity contribution in [2.45, 2.75) is 0 Å². The number of carbonyl (C=O) groups is 1. The minimum Gasteiger partial charge on any atom is -0.506 e. The number of hydrogen-bond acceptors (Lipinski definition) is 2. The highest BCUT2D eigenvalue weighted by Crippen LogP contribution is 2.23. The maximum absolute atomic E-state index is 10.3. The molecule has 0 aliphatic carbocycles. The van der Waals surface area contributed by atoms with Crippen LogP contribution in [0.3, 0.4) is 0 Å². The first-order valence-corrected chi connectivity index (χ1v) is 6.61. The first-order valence-electron chi connectivity index (χ1n) is 3.48. The second kappa shape index (κ2) is 7.54. The summed E-state index contributed by atoms with van der Waals surface area (Å²) in [5, 5.41) is 17.5. The predicted octanol–water partition coefficient (Wildman–Crippen LogP) is 3.90. The smallest absolute Gasteiger partial charge is 0.369 e. The average molecular weight is 423 g/mol. The topological polar surface area (TPSA) is 57.5 Å². The molecule has 1 aromatic rings. The van der Waals surface area contributed by atoms with Gasteiger partial charge in [0.25, 0.3) is 0 Å². The Morgan fingerprint density at radius 2 is 1.80 bits per heavy atom. The summed E-state index contributed by atoms with van der Waals surface area (Å²) in [7, 11) is 0. The summed E-state index contributed by atoms with van der Waals surface area (Å²) >= 11 is 14.8. The number of rotatable bonds is 1. The lowest BCUT2D eigenvalue weighted by Gasteiger charge is -1.96. The van der Waals surface area contributed by atoms with E-state index in [1.807, 2.05) is 0 Å². The van der Waals surface area contributed by atoms with Crippen molar-refractivity contribution in [2.24, 2.45) is 0 Å². The van der Waals surface area contributed by atoms with E-state index in [-0.39, 0.29) is 19.5 Å². The zero-order valence-electron chi connectivity index (χ0n) is 7.12. The molecule has 0 fully saturated rings. The van der Waals surface area contributed by atoms with E-state index in [0.29, 0.717) is 0 Å². The van der Waals surface area contributed by atoms with E-state index in [1.165, 1.54) is 12.1 Å². The fraction of sp³-hybridized carbons (Fsp3) is 0. The molecule has 1 rings (SSSR count). The van der Waals surface area contributed by atoms with Crippen LogP contribution in [0.25, 0.3) is 0 Å². The molecular formula is C7H5BBr3ClO3. The standard InChI is InChI=1S/C7H5ClO3.BBr3/c8-5-2-1-4(7(10)11)3-6(5)9;2-1(3)4/h1-3,9H,(H,10,11);. The summed E-state index contributed by atoms with van der Waals surface area (Å²) in [4.78, 5) is 10.3. The van der Waals surface area contributed by atoms with Crippen molar-refractivity contribution in [3.63, 3.8) is 0 Å². The quantitative estimate of drug-likeness (QED) is 0.674. The van der Waals surface area contributed by atoms with Gasteiger partial charge in [0.15, 0.2) is 0 Å². The van der Waals surface area contributed by atoms with Crippen molar-refractivity contribution in [3.05, 3.63) is 28.8 Å². The molecule has 0 radical (unpaired) electrons. The van der Waals surface area contributed by atoms with Crippen LogP contribution in [0.2, 0.25) is 5.02 Å². The van der Waals surface area contributed by atoms with E-state index >= 15 is 0 Å². The van der Waals surface area contributed by atoms with E-state index in [9.17, 15) is 4.79 Å². The van der Waals surface area contributed by atoms with Gasteiger partial charge in [0, 0.05) is 0 Å². The molecular weight excluding hydrogens is 418 g/mol. The summed E-state index contributed by atoms with van der Waals surface area (Å²) < 4.78 is 0.271. The van der Waals surface area contributed by atoms with Gasteiger partial charge in [-0.1, -0.05) is 11.6 Å². The van der Waals surface area contributed by atoms with E-state index in [1.54, 1.807) is 0 Å². The third-order valence-electron chi connectivity index (χ3n) is 1.19. The molecule has 0 spiro atoms. The van der Waals surface area contributed by atoms with Gasteiger partial charge in [0.1, 0.15) is 5.75 Å². The second-order valence-corrected chi connectivity index (χ2v) is 9.06. The Labute approximate surface area is 117 Å². The van der Waals surface area contributed by atoms with Gasteiger partial charge in [-0.2, -0.15) is 0 Å². The van der Waals surface area contributed by atoms with Gasteiger partial charge >= 0.3 is 9.15 Å². The fourth-order valence-corrected chi connectivity index (χ4v) is 0.763. The van der Waals surface area contributed by atoms with Crippen molar-refractivity contribution >= 4 is 68.0 Å². The van der Waals surface area contributed by atoms with Crippen LogP contribution in [0.5, 0.6) is 5.75 Å². The first-order chi connectivity index (χ1) is 6.84. The van der Waals surface area contributed by atoms with Gasteiger partial charge in [0.05, 0.1) is 10.6 Å². The Kier molecular flexibility index (Phi) is 7.68. The highest BCUT2D eigenvalue weighted by atomic mass is 79.9. The summed E-state index contributed by atoms with van der Waals surface area (Å²) in [5.41, 5.74) is 0.0203. The molecule has 0 saturated carbocycles. The number of benzene rings is 1. The number of carboxylic acids is 1. The number of phenols is 1. The third-order valence-corrected chi connectivity index (χ3v) is 1.51. The lowest BCUT2D eigenvalue weighted by Crippen LogP contribution is -1.94. The van der Waals surface area contributed by atoms with Crippen LogP contribution in [0.1, 0.15) is 10.4 Å². The molecule has 0 aliphatic rings. The van der Waals surface area contributed by atoms with Gasteiger partial charge in [0.2, 0.25) is 0 Å². The van der Waals surface area contributed by atoms with Crippen molar-refractivity contribution in [3.8, 4) is 5.75 Å². The minimum absolute atomic E-state index is 0.0203. The molecule has 0 amide bonds. The molecule has 0 atom stereocenters. The number of halogens is 4. The molecule has 0 heterocycles. The van der Waals surface area contributed by atoms with Crippen LogP contribution in [-0.4, -0.2) is 19.4 Å². The van der Waals surface area contributed by atoms with Gasteiger partial charge in [-0.05, 0) is 18.2 Å². The largest absolute Gasteiger partial charge is 0.506 e. The highest BCUT2D eigenvalue weighted by Gasteiger charge is 2.04. The number of phenolic OH excluding ortho intramolecular Hbond substituents is 1. The molecule has 0 bridgehead atoms. The Hall–Kier alpha value is 0.285. The van der Waals surface area contributed by atoms with E-state index < -0.39 is 5.97 Å². The SMILES string of the molecule is BrB(Br)Br.O=C(O)c1ccc(Cl)c(O)c1. The zero-order chi connectivity index (χ0) is 12.0. The van der Waals surface area contributed by atoms with Gasteiger partial charge < -0.3 is 10.2 Å². The molecule has 0 aromatic heterocycles. The Bertz CT molecular complexity index is 345. The number of hydrogen-bond donors (Lipinski definition) is 2.